The van der Waals surface area contributed by atoms with Crippen LogP contribution in [-0.2, 0) is 0 Å². The normalized spacial score (nSPS) is 28.8. The first-order valence-corrected chi connectivity index (χ1v) is 7.76. The highest BCUT2D eigenvalue weighted by atomic mass is 19.1. The van der Waals surface area contributed by atoms with Crippen LogP contribution in [0.2, 0.25) is 0 Å². The molecule has 1 aromatic carbocycles. The van der Waals surface area contributed by atoms with Crippen LogP contribution in [0, 0.1) is 17.5 Å². The standard InChI is InChI=1S/C16H21F3N2/c1-2-20-11-8-12-4-3-5-13(9-11)21(12)16-14(18)6-10(17)7-15(16)19/h6-7,11-13,20H,2-5,8-9H2,1H3. The fraction of sp³-hybridized carbons (Fsp3) is 0.625. The molecule has 2 fully saturated rings. The molecule has 0 amide bonds. The summed E-state index contributed by atoms with van der Waals surface area (Å²) in [4.78, 5) is 1.88. The molecule has 21 heavy (non-hydrogen) atoms. The Balaban J connectivity index is 1.92. The topological polar surface area (TPSA) is 15.3 Å². The lowest BCUT2D eigenvalue weighted by Gasteiger charge is -2.50. The maximum atomic E-state index is 14.1. The number of anilines is 1. The first kappa shape index (κ1) is 14.7. The highest BCUT2D eigenvalue weighted by molar-refractivity contribution is 5.52. The molecule has 116 valence electrons. The second kappa shape index (κ2) is 5.87. The number of fused-ring (bicyclic) bond motifs is 2. The van der Waals surface area contributed by atoms with E-state index in [4.69, 9.17) is 0 Å². The number of hydrogen-bond donors (Lipinski definition) is 1. The summed E-state index contributed by atoms with van der Waals surface area (Å²) in [5.74, 6) is -2.43. The van der Waals surface area contributed by atoms with E-state index in [9.17, 15) is 13.2 Å². The van der Waals surface area contributed by atoms with Gasteiger partial charge >= 0.3 is 0 Å². The highest BCUT2D eigenvalue weighted by Crippen LogP contribution is 2.40. The number of rotatable bonds is 3. The average molecular weight is 298 g/mol. The van der Waals surface area contributed by atoms with E-state index >= 15 is 0 Å². The van der Waals surface area contributed by atoms with Gasteiger partial charge in [0.25, 0.3) is 0 Å². The third kappa shape index (κ3) is 2.76. The molecule has 0 aromatic heterocycles. The Kier molecular flexibility index (Phi) is 4.11. The molecule has 2 unspecified atom stereocenters. The SMILES string of the molecule is CCNC1CC2CCCC(C1)N2c1c(F)cc(F)cc1F. The first-order valence-electron chi connectivity index (χ1n) is 7.76. The maximum Gasteiger partial charge on any atom is 0.152 e. The summed E-state index contributed by atoms with van der Waals surface area (Å²) in [6.45, 7) is 2.98. The molecule has 0 radical (unpaired) electrons. The minimum absolute atomic E-state index is 0.0407. The molecule has 0 aliphatic carbocycles. The Morgan fingerprint density at radius 2 is 1.67 bits per heavy atom. The molecule has 2 bridgehead atoms. The Morgan fingerprint density at radius 3 is 2.19 bits per heavy atom. The lowest BCUT2D eigenvalue weighted by molar-refractivity contribution is 0.243. The van der Waals surface area contributed by atoms with Crippen LogP contribution < -0.4 is 10.2 Å². The number of nitrogens with zero attached hydrogens (tertiary/aromatic N) is 1. The van der Waals surface area contributed by atoms with Crippen LogP contribution in [0.4, 0.5) is 18.9 Å². The Morgan fingerprint density at radius 1 is 1.10 bits per heavy atom. The molecule has 2 heterocycles. The number of halogens is 3. The van der Waals surface area contributed by atoms with Crippen molar-refractivity contribution in [3.05, 3.63) is 29.6 Å². The molecule has 1 N–H and O–H groups in total. The zero-order valence-corrected chi connectivity index (χ0v) is 12.2. The predicted octanol–water partition coefficient (Wildman–Crippen LogP) is 3.60. The predicted molar refractivity (Wildman–Crippen MR) is 76.9 cm³/mol. The first-order chi connectivity index (χ1) is 10.1. The Hall–Kier alpha value is -1.23. The van der Waals surface area contributed by atoms with Crippen molar-refractivity contribution in [3.8, 4) is 0 Å². The second-order valence-electron chi connectivity index (χ2n) is 6.09. The molecule has 0 saturated carbocycles. The molecule has 1 aromatic rings. The minimum Gasteiger partial charge on any atom is -0.361 e. The molecule has 3 rings (SSSR count). The van der Waals surface area contributed by atoms with Gasteiger partial charge < -0.3 is 10.2 Å². The molecular formula is C16H21F3N2. The van der Waals surface area contributed by atoms with E-state index in [1.54, 1.807) is 0 Å². The van der Waals surface area contributed by atoms with Crippen molar-refractivity contribution in [2.75, 3.05) is 11.4 Å². The van der Waals surface area contributed by atoms with E-state index in [0.717, 1.165) is 50.8 Å². The van der Waals surface area contributed by atoms with Gasteiger partial charge in [0.1, 0.15) is 11.5 Å². The maximum absolute atomic E-state index is 14.1. The van der Waals surface area contributed by atoms with Crippen molar-refractivity contribution < 1.29 is 13.2 Å². The van der Waals surface area contributed by atoms with Gasteiger partial charge in [-0.05, 0) is 38.6 Å². The van der Waals surface area contributed by atoms with Crippen LogP contribution in [0.15, 0.2) is 12.1 Å². The quantitative estimate of drug-likeness (QED) is 0.917. The van der Waals surface area contributed by atoms with Crippen molar-refractivity contribution in [1.29, 1.82) is 0 Å². The van der Waals surface area contributed by atoms with E-state index in [1.165, 1.54) is 0 Å². The third-order valence-corrected chi connectivity index (χ3v) is 4.71. The fourth-order valence-corrected chi connectivity index (χ4v) is 3.98. The molecule has 2 atom stereocenters. The van der Waals surface area contributed by atoms with Crippen LogP contribution in [0.3, 0.4) is 0 Å². The van der Waals surface area contributed by atoms with Gasteiger partial charge in [-0.15, -0.1) is 0 Å². The number of benzene rings is 1. The fourth-order valence-electron chi connectivity index (χ4n) is 3.98. The zero-order valence-electron chi connectivity index (χ0n) is 12.2. The van der Waals surface area contributed by atoms with Crippen LogP contribution in [0.1, 0.15) is 39.0 Å². The molecule has 2 nitrogen and oxygen atoms in total. The molecule has 5 heteroatoms. The van der Waals surface area contributed by atoms with Gasteiger partial charge in [-0.25, -0.2) is 13.2 Å². The van der Waals surface area contributed by atoms with E-state index in [0.29, 0.717) is 6.04 Å². The van der Waals surface area contributed by atoms with Gasteiger partial charge in [0.05, 0.1) is 0 Å². The van der Waals surface area contributed by atoms with Crippen LogP contribution >= 0.6 is 0 Å². The smallest absolute Gasteiger partial charge is 0.152 e. The molecule has 2 aliphatic heterocycles. The summed E-state index contributed by atoms with van der Waals surface area (Å²) in [5, 5.41) is 3.45. The van der Waals surface area contributed by atoms with Crippen molar-refractivity contribution >= 4 is 5.69 Å². The van der Waals surface area contributed by atoms with Gasteiger partial charge in [-0.2, -0.15) is 0 Å². The summed E-state index contributed by atoms with van der Waals surface area (Å²) < 4.78 is 41.3. The molecular weight excluding hydrogens is 277 g/mol. The van der Waals surface area contributed by atoms with Gasteiger partial charge in [0.15, 0.2) is 11.6 Å². The largest absolute Gasteiger partial charge is 0.361 e. The third-order valence-electron chi connectivity index (χ3n) is 4.71. The summed E-state index contributed by atoms with van der Waals surface area (Å²) in [7, 11) is 0. The van der Waals surface area contributed by atoms with Crippen LogP contribution in [-0.4, -0.2) is 24.7 Å². The second-order valence-corrected chi connectivity index (χ2v) is 6.09. The summed E-state index contributed by atoms with van der Waals surface area (Å²) in [5.41, 5.74) is -0.0407. The zero-order chi connectivity index (χ0) is 15.0. The van der Waals surface area contributed by atoms with E-state index in [1.807, 2.05) is 4.90 Å². The average Bonchev–Trinajstić information content (AvgIpc) is 2.38. The van der Waals surface area contributed by atoms with Crippen LogP contribution in [0.5, 0.6) is 0 Å². The van der Waals surface area contributed by atoms with E-state index in [2.05, 4.69) is 12.2 Å². The number of piperidine rings is 2. The lowest BCUT2D eigenvalue weighted by Crippen LogP contribution is -2.57. The van der Waals surface area contributed by atoms with E-state index in [-0.39, 0.29) is 17.8 Å². The van der Waals surface area contributed by atoms with Crippen molar-refractivity contribution in [2.45, 2.75) is 57.2 Å². The molecule has 2 aliphatic rings. The van der Waals surface area contributed by atoms with Gasteiger partial charge in [0, 0.05) is 30.3 Å². The van der Waals surface area contributed by atoms with Gasteiger partial charge in [-0.1, -0.05) is 6.92 Å². The highest BCUT2D eigenvalue weighted by Gasteiger charge is 2.40. The Bertz CT molecular complexity index is 483. The summed E-state index contributed by atoms with van der Waals surface area (Å²) >= 11 is 0. The van der Waals surface area contributed by atoms with E-state index < -0.39 is 17.5 Å². The monoisotopic (exact) mass is 298 g/mol. The number of nitrogens with one attached hydrogen (secondary N) is 1. The van der Waals surface area contributed by atoms with Gasteiger partial charge in [-0.3, -0.25) is 0 Å². The van der Waals surface area contributed by atoms with Gasteiger partial charge in [0.2, 0.25) is 0 Å². The van der Waals surface area contributed by atoms with Crippen LogP contribution in [0.25, 0.3) is 0 Å². The Labute approximate surface area is 123 Å². The van der Waals surface area contributed by atoms with Crippen molar-refractivity contribution in [3.63, 3.8) is 0 Å². The summed E-state index contributed by atoms with van der Waals surface area (Å²) in [6, 6.07) is 2.25. The van der Waals surface area contributed by atoms with Crippen molar-refractivity contribution in [2.24, 2.45) is 0 Å². The minimum atomic E-state index is -0.860. The number of hydrogen-bond acceptors (Lipinski definition) is 2. The molecule has 2 saturated heterocycles. The lowest BCUT2D eigenvalue weighted by atomic mass is 9.81. The van der Waals surface area contributed by atoms with Crippen molar-refractivity contribution in [1.82, 2.24) is 5.32 Å². The molecule has 0 spiro atoms. The summed E-state index contributed by atoms with van der Waals surface area (Å²) in [6.07, 6.45) is 4.75.